The Labute approximate surface area is 94.2 Å². The van der Waals surface area contributed by atoms with Gasteiger partial charge in [-0.05, 0) is 23.6 Å². The van der Waals surface area contributed by atoms with Crippen LogP contribution in [0.2, 0.25) is 0 Å². The van der Waals surface area contributed by atoms with E-state index in [2.05, 4.69) is 11.9 Å². The van der Waals surface area contributed by atoms with E-state index in [0.29, 0.717) is 17.0 Å². The molecule has 0 unspecified atom stereocenters. The molecule has 0 saturated heterocycles. The Balaban J connectivity index is 2.59. The lowest BCUT2D eigenvalue weighted by atomic mass is 9.92. The standard InChI is InChI=1S/C13H13NO2/c1-7(2)9-4-5-10-11(6-9)13(16)14-8(3)12(10)15/h4-7H,3H2,1-2H3,(H,14,16). The molecule has 1 aromatic carbocycles. The molecule has 82 valence electrons. The maximum atomic E-state index is 11.7. The Morgan fingerprint density at radius 2 is 1.88 bits per heavy atom. The molecule has 1 aromatic rings. The molecule has 2 rings (SSSR count). The van der Waals surface area contributed by atoms with Crippen LogP contribution in [0.15, 0.2) is 30.5 Å². The van der Waals surface area contributed by atoms with Gasteiger partial charge in [0.05, 0.1) is 11.3 Å². The van der Waals surface area contributed by atoms with E-state index >= 15 is 0 Å². The minimum atomic E-state index is -0.248. The van der Waals surface area contributed by atoms with Gasteiger partial charge in [0.15, 0.2) is 0 Å². The molecule has 3 nitrogen and oxygen atoms in total. The van der Waals surface area contributed by atoms with Crippen molar-refractivity contribution >= 4 is 11.7 Å². The first-order valence-electron chi connectivity index (χ1n) is 5.19. The van der Waals surface area contributed by atoms with Gasteiger partial charge in [-0.3, -0.25) is 9.59 Å². The van der Waals surface area contributed by atoms with Gasteiger partial charge in [-0.2, -0.15) is 0 Å². The number of hydrogen-bond acceptors (Lipinski definition) is 2. The molecule has 0 aromatic heterocycles. The van der Waals surface area contributed by atoms with Crippen molar-refractivity contribution in [3.8, 4) is 0 Å². The molecule has 3 heteroatoms. The van der Waals surface area contributed by atoms with Crippen molar-refractivity contribution in [1.29, 1.82) is 0 Å². The van der Waals surface area contributed by atoms with E-state index in [1.165, 1.54) is 0 Å². The maximum absolute atomic E-state index is 11.7. The number of rotatable bonds is 1. The van der Waals surface area contributed by atoms with Crippen molar-refractivity contribution < 1.29 is 9.59 Å². The number of carbonyl (C=O) groups excluding carboxylic acids is 2. The molecule has 1 aliphatic rings. The minimum absolute atomic E-state index is 0.148. The quantitative estimate of drug-likeness (QED) is 0.730. The molecule has 1 aliphatic heterocycles. The van der Waals surface area contributed by atoms with E-state index in [1.54, 1.807) is 12.1 Å². The molecule has 0 aliphatic carbocycles. The van der Waals surface area contributed by atoms with Gasteiger partial charge < -0.3 is 5.32 Å². The summed E-state index contributed by atoms with van der Waals surface area (Å²) in [6.07, 6.45) is 0. The van der Waals surface area contributed by atoms with Crippen LogP contribution in [0.25, 0.3) is 0 Å². The monoisotopic (exact) mass is 215 g/mol. The van der Waals surface area contributed by atoms with Crippen LogP contribution in [0.5, 0.6) is 0 Å². The lowest BCUT2D eigenvalue weighted by Gasteiger charge is -2.18. The van der Waals surface area contributed by atoms with E-state index in [0.717, 1.165) is 5.56 Å². The van der Waals surface area contributed by atoms with E-state index in [4.69, 9.17) is 0 Å². The number of nitrogens with one attached hydrogen (secondary N) is 1. The Kier molecular flexibility index (Phi) is 2.38. The first-order valence-corrected chi connectivity index (χ1v) is 5.19. The Morgan fingerprint density at radius 1 is 1.19 bits per heavy atom. The second-order valence-corrected chi connectivity index (χ2v) is 4.22. The first-order chi connectivity index (χ1) is 7.50. The third-order valence-corrected chi connectivity index (χ3v) is 2.74. The molecule has 0 spiro atoms. The molecule has 0 saturated carbocycles. The molecule has 0 bridgehead atoms. The molecule has 16 heavy (non-hydrogen) atoms. The Morgan fingerprint density at radius 3 is 2.50 bits per heavy atom. The summed E-state index contributed by atoms with van der Waals surface area (Å²) in [4.78, 5) is 23.4. The van der Waals surface area contributed by atoms with Crippen LogP contribution >= 0.6 is 0 Å². The van der Waals surface area contributed by atoms with Crippen molar-refractivity contribution in [3.63, 3.8) is 0 Å². The van der Waals surface area contributed by atoms with Crippen LogP contribution in [0.3, 0.4) is 0 Å². The van der Waals surface area contributed by atoms with Gasteiger partial charge in [0, 0.05) is 5.56 Å². The topological polar surface area (TPSA) is 46.2 Å². The fourth-order valence-corrected chi connectivity index (χ4v) is 1.73. The second kappa shape index (κ2) is 3.59. The number of allylic oxidation sites excluding steroid dienone is 1. The lowest BCUT2D eigenvalue weighted by molar-refractivity contribution is 0.0909. The molecular weight excluding hydrogens is 202 g/mol. The van der Waals surface area contributed by atoms with Crippen molar-refractivity contribution in [3.05, 3.63) is 47.2 Å². The highest BCUT2D eigenvalue weighted by molar-refractivity contribution is 6.20. The number of Topliss-reactive ketones (excluding diaryl/α,β-unsaturated/α-hetero) is 1. The largest absolute Gasteiger partial charge is 0.319 e. The van der Waals surface area contributed by atoms with Crippen molar-refractivity contribution in [2.24, 2.45) is 0 Å². The van der Waals surface area contributed by atoms with Crippen LogP contribution < -0.4 is 5.32 Å². The Bertz CT molecular complexity index is 501. The summed E-state index contributed by atoms with van der Waals surface area (Å²) in [7, 11) is 0. The Hall–Kier alpha value is -1.90. The maximum Gasteiger partial charge on any atom is 0.256 e. The number of fused-ring (bicyclic) bond motifs is 1. The number of amides is 1. The zero-order valence-electron chi connectivity index (χ0n) is 9.33. The van der Waals surface area contributed by atoms with Crippen LogP contribution in [0.4, 0.5) is 0 Å². The normalized spacial score (nSPS) is 15.1. The fraction of sp³-hybridized carbons (Fsp3) is 0.231. The smallest absolute Gasteiger partial charge is 0.256 e. The van der Waals surface area contributed by atoms with Gasteiger partial charge in [0.1, 0.15) is 0 Å². The number of benzene rings is 1. The predicted molar refractivity (Wildman–Crippen MR) is 61.5 cm³/mol. The van der Waals surface area contributed by atoms with E-state index in [-0.39, 0.29) is 17.4 Å². The molecule has 0 fully saturated rings. The molecule has 1 heterocycles. The average Bonchev–Trinajstić information content (AvgIpc) is 2.25. The van der Waals surface area contributed by atoms with Gasteiger partial charge >= 0.3 is 0 Å². The van der Waals surface area contributed by atoms with E-state index in [9.17, 15) is 9.59 Å². The van der Waals surface area contributed by atoms with Gasteiger partial charge in [-0.25, -0.2) is 0 Å². The summed E-state index contributed by atoms with van der Waals surface area (Å²) in [6.45, 7) is 7.61. The summed E-state index contributed by atoms with van der Waals surface area (Å²) in [5.41, 5.74) is 2.09. The highest BCUT2D eigenvalue weighted by atomic mass is 16.2. The molecule has 1 amide bonds. The van der Waals surface area contributed by atoms with Gasteiger partial charge in [-0.1, -0.05) is 26.5 Å². The minimum Gasteiger partial charge on any atom is -0.319 e. The number of hydrogen-bond donors (Lipinski definition) is 1. The van der Waals surface area contributed by atoms with Crippen molar-refractivity contribution in [2.45, 2.75) is 19.8 Å². The third kappa shape index (κ3) is 1.54. The SMILES string of the molecule is C=C1NC(=O)c2cc(C(C)C)ccc2C1=O. The zero-order chi connectivity index (χ0) is 11.9. The highest BCUT2D eigenvalue weighted by Gasteiger charge is 2.26. The van der Waals surface area contributed by atoms with Gasteiger partial charge in [0.25, 0.3) is 5.91 Å². The molecule has 0 radical (unpaired) electrons. The van der Waals surface area contributed by atoms with Crippen LogP contribution in [0.1, 0.15) is 46.0 Å². The second-order valence-electron chi connectivity index (χ2n) is 4.22. The van der Waals surface area contributed by atoms with Crippen LogP contribution in [-0.2, 0) is 0 Å². The lowest BCUT2D eigenvalue weighted by Crippen LogP contribution is -2.34. The summed E-state index contributed by atoms with van der Waals surface area (Å²) >= 11 is 0. The van der Waals surface area contributed by atoms with Gasteiger partial charge in [0.2, 0.25) is 5.78 Å². The molecular formula is C13H13NO2. The predicted octanol–water partition coefficient (Wildman–Crippen LogP) is 2.25. The van der Waals surface area contributed by atoms with Crippen LogP contribution in [-0.4, -0.2) is 11.7 Å². The summed E-state index contributed by atoms with van der Waals surface area (Å²) in [6, 6.07) is 5.36. The summed E-state index contributed by atoms with van der Waals surface area (Å²) < 4.78 is 0. The van der Waals surface area contributed by atoms with Crippen molar-refractivity contribution in [1.82, 2.24) is 5.32 Å². The van der Waals surface area contributed by atoms with E-state index < -0.39 is 0 Å². The zero-order valence-corrected chi connectivity index (χ0v) is 9.33. The highest BCUT2D eigenvalue weighted by Crippen LogP contribution is 2.23. The van der Waals surface area contributed by atoms with E-state index in [1.807, 2.05) is 19.9 Å². The average molecular weight is 215 g/mol. The van der Waals surface area contributed by atoms with Crippen molar-refractivity contribution in [2.75, 3.05) is 0 Å². The van der Waals surface area contributed by atoms with Crippen LogP contribution in [0, 0.1) is 0 Å². The fourth-order valence-electron chi connectivity index (χ4n) is 1.73. The molecule has 1 N–H and O–H groups in total. The summed E-state index contributed by atoms with van der Waals surface area (Å²) in [5.74, 6) is -0.120. The number of carbonyl (C=O) groups is 2. The molecule has 0 atom stereocenters. The first kappa shape index (κ1) is 10.6. The van der Waals surface area contributed by atoms with Gasteiger partial charge in [-0.15, -0.1) is 0 Å². The number of ketones is 1. The summed E-state index contributed by atoms with van der Waals surface area (Å²) in [5, 5.41) is 2.47. The third-order valence-electron chi connectivity index (χ3n) is 2.74.